The van der Waals surface area contributed by atoms with E-state index in [1.165, 1.54) is 19.8 Å². The zero-order valence-corrected chi connectivity index (χ0v) is 8.98. The van der Waals surface area contributed by atoms with E-state index in [4.69, 9.17) is 11.6 Å². The van der Waals surface area contributed by atoms with Crippen LogP contribution in [-0.4, -0.2) is 18.5 Å². The first-order chi connectivity index (χ1) is 6.07. The number of allylic oxidation sites excluding steroid dienone is 2. The van der Waals surface area contributed by atoms with Crippen LogP contribution >= 0.6 is 11.6 Å². The fourth-order valence-corrected chi connectivity index (χ4v) is 1.66. The molecule has 0 atom stereocenters. The molecule has 1 aliphatic rings. The van der Waals surface area contributed by atoms with Gasteiger partial charge in [0.15, 0.2) is 5.78 Å². The highest BCUT2D eigenvalue weighted by molar-refractivity contribution is 6.59. The van der Waals surface area contributed by atoms with Gasteiger partial charge in [-0.05, 0) is 31.3 Å². The molecule has 13 heavy (non-hydrogen) atoms. The zero-order chi connectivity index (χ0) is 10.0. The molecule has 0 radical (unpaired) electrons. The lowest BCUT2D eigenvalue weighted by Crippen LogP contribution is -2.11. The molecule has 1 aliphatic carbocycles. The molecule has 0 aromatic heterocycles. The maximum Gasteiger partial charge on any atom is 0.179 e. The summed E-state index contributed by atoms with van der Waals surface area (Å²) in [5, 5.41) is 0.553. The molecular formula is C10H14ClNO. The van der Waals surface area contributed by atoms with Crippen LogP contribution in [0.1, 0.15) is 26.7 Å². The Hall–Kier alpha value is -0.630. The molecule has 1 saturated carbocycles. The molecule has 0 aliphatic heterocycles. The van der Waals surface area contributed by atoms with Crippen molar-refractivity contribution in [1.29, 1.82) is 0 Å². The van der Waals surface area contributed by atoms with E-state index in [0.717, 1.165) is 5.57 Å². The highest BCUT2D eigenvalue weighted by Gasteiger charge is 2.27. The molecule has 0 spiro atoms. The third-order valence-corrected chi connectivity index (χ3v) is 2.78. The van der Waals surface area contributed by atoms with Crippen LogP contribution in [0.15, 0.2) is 15.6 Å². The lowest BCUT2D eigenvalue weighted by atomic mass is 10.1. The van der Waals surface area contributed by atoms with Crippen molar-refractivity contribution in [2.75, 3.05) is 7.05 Å². The third kappa shape index (κ3) is 2.41. The maximum absolute atomic E-state index is 11.1. The Labute approximate surface area is 83.7 Å². The number of hydrogen-bond acceptors (Lipinski definition) is 2. The Morgan fingerprint density at radius 3 is 2.23 bits per heavy atom. The van der Waals surface area contributed by atoms with E-state index in [0.29, 0.717) is 16.7 Å². The maximum atomic E-state index is 11.1. The van der Waals surface area contributed by atoms with Gasteiger partial charge in [0, 0.05) is 14.0 Å². The number of nitrogens with zero attached hydrogens (tertiary/aromatic N) is 1. The summed E-state index contributed by atoms with van der Waals surface area (Å²) < 4.78 is 0. The summed E-state index contributed by atoms with van der Waals surface area (Å²) in [7, 11) is 1.60. The largest absolute Gasteiger partial charge is 0.293 e. The van der Waals surface area contributed by atoms with Crippen molar-refractivity contribution < 1.29 is 4.79 Å². The molecule has 0 N–H and O–H groups in total. The van der Waals surface area contributed by atoms with Crippen molar-refractivity contribution in [2.24, 2.45) is 10.9 Å². The first-order valence-electron chi connectivity index (χ1n) is 4.42. The van der Waals surface area contributed by atoms with E-state index < -0.39 is 0 Å². The van der Waals surface area contributed by atoms with Gasteiger partial charge in [-0.1, -0.05) is 11.6 Å². The van der Waals surface area contributed by atoms with Crippen LogP contribution in [0.3, 0.4) is 0 Å². The molecule has 1 fully saturated rings. The number of Topliss-reactive ketones (excluding diaryl/α,β-unsaturated/α-hetero) is 1. The van der Waals surface area contributed by atoms with E-state index in [9.17, 15) is 4.79 Å². The fraction of sp³-hybridized carbons (Fsp3) is 0.600. The van der Waals surface area contributed by atoms with Crippen LogP contribution in [0.4, 0.5) is 0 Å². The molecule has 0 bridgehead atoms. The molecule has 0 heterocycles. The summed E-state index contributed by atoms with van der Waals surface area (Å²) in [4.78, 5) is 15.0. The first-order valence-corrected chi connectivity index (χ1v) is 4.80. The van der Waals surface area contributed by atoms with Crippen LogP contribution < -0.4 is 0 Å². The number of halogens is 1. The van der Waals surface area contributed by atoms with Crippen LogP contribution in [0.2, 0.25) is 0 Å². The number of carbonyl (C=O) groups is 1. The van der Waals surface area contributed by atoms with Gasteiger partial charge in [-0.15, -0.1) is 0 Å². The molecule has 0 saturated heterocycles. The smallest absolute Gasteiger partial charge is 0.179 e. The Morgan fingerprint density at radius 2 is 1.92 bits per heavy atom. The average Bonchev–Trinajstić information content (AvgIpc) is 2.85. The van der Waals surface area contributed by atoms with Crippen LogP contribution in [0.5, 0.6) is 0 Å². The topological polar surface area (TPSA) is 29.4 Å². The summed E-state index contributed by atoms with van der Waals surface area (Å²) >= 11 is 6.06. The van der Waals surface area contributed by atoms with E-state index in [1.807, 2.05) is 6.92 Å². The minimum Gasteiger partial charge on any atom is -0.293 e. The molecule has 2 nitrogen and oxygen atoms in total. The minimum absolute atomic E-state index is 0.0625. The predicted molar refractivity (Wildman–Crippen MR) is 55.3 cm³/mol. The van der Waals surface area contributed by atoms with Gasteiger partial charge in [-0.3, -0.25) is 9.79 Å². The highest BCUT2D eigenvalue weighted by atomic mass is 35.5. The van der Waals surface area contributed by atoms with Crippen LogP contribution in [-0.2, 0) is 4.79 Å². The number of aliphatic imine (C=N–C) groups is 1. The normalized spacial score (nSPS) is 19.8. The Morgan fingerprint density at radius 1 is 1.38 bits per heavy atom. The van der Waals surface area contributed by atoms with Crippen LogP contribution in [0.25, 0.3) is 0 Å². The van der Waals surface area contributed by atoms with Crippen molar-refractivity contribution in [3.05, 3.63) is 10.6 Å². The first kappa shape index (κ1) is 10.5. The fourth-order valence-electron chi connectivity index (χ4n) is 1.29. The standard InChI is InChI=1S/C10H14ClNO/c1-6(8-4-5-8)9(11)10(12-3)7(2)13/h8H,4-5H2,1-3H3/b9-6-,12-10-. The second-order valence-electron chi connectivity index (χ2n) is 3.40. The summed E-state index contributed by atoms with van der Waals surface area (Å²) in [6.07, 6.45) is 2.38. The second-order valence-corrected chi connectivity index (χ2v) is 3.78. The van der Waals surface area contributed by atoms with Gasteiger partial charge < -0.3 is 0 Å². The number of rotatable bonds is 3. The SMILES string of the molecule is C/N=C(C(C)=O)\C(Cl)=C(/C)C1CC1. The van der Waals surface area contributed by atoms with Crippen molar-refractivity contribution in [1.82, 2.24) is 0 Å². The van der Waals surface area contributed by atoms with Crippen LogP contribution in [0, 0.1) is 5.92 Å². The van der Waals surface area contributed by atoms with Gasteiger partial charge in [0.05, 0.1) is 5.03 Å². The van der Waals surface area contributed by atoms with Crippen molar-refractivity contribution in [2.45, 2.75) is 26.7 Å². The lowest BCUT2D eigenvalue weighted by molar-refractivity contribution is -0.111. The van der Waals surface area contributed by atoms with Gasteiger partial charge >= 0.3 is 0 Å². The number of hydrogen-bond donors (Lipinski definition) is 0. The third-order valence-electron chi connectivity index (χ3n) is 2.30. The van der Waals surface area contributed by atoms with Crippen molar-refractivity contribution in [3.8, 4) is 0 Å². The van der Waals surface area contributed by atoms with Gasteiger partial charge in [0.25, 0.3) is 0 Å². The summed E-state index contributed by atoms with van der Waals surface area (Å²) in [5.41, 5.74) is 1.52. The van der Waals surface area contributed by atoms with Crippen molar-refractivity contribution in [3.63, 3.8) is 0 Å². The molecule has 72 valence electrons. The molecule has 0 unspecified atom stereocenters. The second kappa shape index (κ2) is 4.05. The molecule has 0 aromatic carbocycles. The van der Waals surface area contributed by atoms with Gasteiger partial charge in [0.2, 0.25) is 0 Å². The Bertz CT molecular complexity index is 287. The Kier molecular flexibility index (Phi) is 3.26. The van der Waals surface area contributed by atoms with E-state index in [-0.39, 0.29) is 5.78 Å². The van der Waals surface area contributed by atoms with E-state index in [1.54, 1.807) is 7.05 Å². The molecule has 3 heteroatoms. The summed E-state index contributed by atoms with van der Waals surface area (Å²) in [6, 6.07) is 0. The molecule has 0 amide bonds. The zero-order valence-electron chi connectivity index (χ0n) is 8.22. The number of carbonyl (C=O) groups excluding carboxylic acids is 1. The number of ketones is 1. The van der Waals surface area contributed by atoms with Gasteiger partial charge in [-0.2, -0.15) is 0 Å². The monoisotopic (exact) mass is 199 g/mol. The van der Waals surface area contributed by atoms with Gasteiger partial charge in [-0.25, -0.2) is 0 Å². The lowest BCUT2D eigenvalue weighted by Gasteiger charge is -2.04. The van der Waals surface area contributed by atoms with Gasteiger partial charge in [0.1, 0.15) is 5.71 Å². The molecular weight excluding hydrogens is 186 g/mol. The molecule has 0 aromatic rings. The quantitative estimate of drug-likeness (QED) is 0.643. The highest BCUT2D eigenvalue weighted by Crippen LogP contribution is 2.38. The average molecular weight is 200 g/mol. The molecule has 1 rings (SSSR count). The Balaban J connectivity index is 2.91. The minimum atomic E-state index is -0.0625. The van der Waals surface area contributed by atoms with Crippen molar-refractivity contribution >= 4 is 23.1 Å². The van der Waals surface area contributed by atoms with E-state index >= 15 is 0 Å². The predicted octanol–water partition coefficient (Wildman–Crippen LogP) is 2.57. The van der Waals surface area contributed by atoms with E-state index in [2.05, 4.69) is 4.99 Å². The summed E-state index contributed by atoms with van der Waals surface area (Å²) in [6.45, 7) is 3.47. The summed E-state index contributed by atoms with van der Waals surface area (Å²) in [5.74, 6) is 0.524.